The zero-order valence-electron chi connectivity index (χ0n) is 12.1. The van der Waals surface area contributed by atoms with Crippen LogP contribution in [0.15, 0.2) is 38.4 Å². The first-order valence-electron chi connectivity index (χ1n) is 6.83. The lowest BCUT2D eigenvalue weighted by Gasteiger charge is -2.01. The van der Waals surface area contributed by atoms with E-state index >= 15 is 0 Å². The molecule has 0 unspecified atom stereocenters. The van der Waals surface area contributed by atoms with Crippen LogP contribution in [0.5, 0.6) is 0 Å². The number of benzene rings is 1. The summed E-state index contributed by atoms with van der Waals surface area (Å²) in [6, 6.07) is 7.87. The monoisotopic (exact) mass is 379 g/mol. The van der Waals surface area contributed by atoms with Gasteiger partial charge in [0.1, 0.15) is 0 Å². The molecule has 0 saturated heterocycles. The first-order chi connectivity index (χ1) is 10.7. The van der Waals surface area contributed by atoms with Crippen LogP contribution in [0.2, 0.25) is 0 Å². The number of H-pyrrole nitrogens is 1. The van der Waals surface area contributed by atoms with E-state index in [-0.39, 0.29) is 5.25 Å². The molecule has 0 saturated carbocycles. The predicted octanol–water partition coefficient (Wildman–Crippen LogP) is 4.03. The summed E-state index contributed by atoms with van der Waals surface area (Å²) < 4.78 is 6.22. The van der Waals surface area contributed by atoms with E-state index in [1.165, 1.54) is 11.8 Å². The van der Waals surface area contributed by atoms with Crippen LogP contribution in [0.1, 0.15) is 30.8 Å². The Balaban J connectivity index is 1.75. The second-order valence-corrected chi connectivity index (χ2v) is 6.77. The van der Waals surface area contributed by atoms with Crippen molar-refractivity contribution in [1.82, 2.24) is 25.3 Å². The van der Waals surface area contributed by atoms with E-state index in [4.69, 9.17) is 4.52 Å². The molecular weight excluding hydrogens is 366 g/mol. The molecule has 0 aliphatic rings. The van der Waals surface area contributed by atoms with Crippen molar-refractivity contribution in [2.24, 2.45) is 0 Å². The van der Waals surface area contributed by atoms with Gasteiger partial charge in [-0.2, -0.15) is 4.98 Å². The number of thioether (sulfide) groups is 1. The quantitative estimate of drug-likeness (QED) is 0.673. The largest absolute Gasteiger partial charge is 0.338 e. The lowest BCUT2D eigenvalue weighted by molar-refractivity contribution is 0.375. The van der Waals surface area contributed by atoms with Crippen LogP contribution in [0, 0.1) is 0 Å². The van der Waals surface area contributed by atoms with Crippen molar-refractivity contribution in [2.45, 2.75) is 30.7 Å². The van der Waals surface area contributed by atoms with E-state index in [0.29, 0.717) is 16.9 Å². The summed E-state index contributed by atoms with van der Waals surface area (Å²) >= 11 is 4.99. The Morgan fingerprint density at radius 1 is 1.32 bits per heavy atom. The van der Waals surface area contributed by atoms with E-state index in [0.717, 1.165) is 22.3 Å². The zero-order valence-corrected chi connectivity index (χ0v) is 14.5. The van der Waals surface area contributed by atoms with Gasteiger partial charge in [-0.05, 0) is 13.0 Å². The van der Waals surface area contributed by atoms with Crippen LogP contribution in [-0.2, 0) is 6.42 Å². The smallest absolute Gasteiger partial charge is 0.239 e. The molecule has 1 N–H and O–H groups in total. The lowest BCUT2D eigenvalue weighted by atomic mass is 10.2. The summed E-state index contributed by atoms with van der Waals surface area (Å²) in [6.45, 7) is 3.98. The molecule has 0 spiro atoms. The first kappa shape index (κ1) is 15.2. The summed E-state index contributed by atoms with van der Waals surface area (Å²) in [6.07, 6.45) is 0.758. The Hall–Kier alpha value is -1.67. The summed E-state index contributed by atoms with van der Waals surface area (Å²) in [5, 5.41) is 11.8. The highest BCUT2D eigenvalue weighted by Crippen LogP contribution is 2.33. The van der Waals surface area contributed by atoms with E-state index in [2.05, 4.69) is 41.3 Å². The molecule has 114 valence electrons. The number of rotatable bonds is 5. The van der Waals surface area contributed by atoms with Gasteiger partial charge in [0.15, 0.2) is 11.6 Å². The van der Waals surface area contributed by atoms with Crippen molar-refractivity contribution >= 4 is 27.7 Å². The number of aromatic amines is 1. The predicted molar refractivity (Wildman–Crippen MR) is 87.5 cm³/mol. The molecule has 1 atom stereocenters. The normalized spacial score (nSPS) is 12.5. The van der Waals surface area contributed by atoms with Crippen LogP contribution in [0.4, 0.5) is 0 Å². The third-order valence-electron chi connectivity index (χ3n) is 3.02. The second kappa shape index (κ2) is 6.62. The highest BCUT2D eigenvalue weighted by molar-refractivity contribution is 9.10. The molecule has 0 fully saturated rings. The fraction of sp³-hybridized carbons (Fsp3) is 0.286. The Kier molecular flexibility index (Phi) is 4.58. The Labute approximate surface area is 140 Å². The summed E-state index contributed by atoms with van der Waals surface area (Å²) in [5.41, 5.74) is 0.973. The summed E-state index contributed by atoms with van der Waals surface area (Å²) in [7, 11) is 0. The van der Waals surface area contributed by atoms with Gasteiger partial charge in [0.2, 0.25) is 11.0 Å². The third kappa shape index (κ3) is 3.22. The van der Waals surface area contributed by atoms with Gasteiger partial charge in [-0.3, -0.25) is 5.10 Å². The average Bonchev–Trinajstić information content (AvgIpc) is 3.16. The van der Waals surface area contributed by atoms with Crippen LogP contribution >= 0.6 is 27.7 Å². The number of nitrogens with one attached hydrogen (secondary N) is 1. The topological polar surface area (TPSA) is 80.5 Å². The number of aryl methyl sites for hydroxylation is 1. The molecule has 6 nitrogen and oxygen atoms in total. The molecule has 3 aromatic rings. The van der Waals surface area contributed by atoms with Crippen molar-refractivity contribution in [3.63, 3.8) is 0 Å². The van der Waals surface area contributed by atoms with Gasteiger partial charge in [0, 0.05) is 16.5 Å². The molecule has 8 heteroatoms. The molecule has 0 radical (unpaired) electrons. The van der Waals surface area contributed by atoms with Crippen LogP contribution in [0.25, 0.3) is 11.4 Å². The molecule has 3 rings (SSSR count). The Morgan fingerprint density at radius 2 is 2.14 bits per heavy atom. The van der Waals surface area contributed by atoms with Crippen LogP contribution < -0.4 is 0 Å². The van der Waals surface area contributed by atoms with Gasteiger partial charge in [-0.15, -0.1) is 5.10 Å². The standard InChI is InChI=1S/C14H14BrN5OS/c1-3-11-16-13(21-20-11)8(2)22-14-17-12(18-19-14)9-6-4-5-7-10(9)15/h4-8H,3H2,1-2H3,(H,17,18,19)/t8-/m1/s1. The van der Waals surface area contributed by atoms with Gasteiger partial charge in [0.05, 0.1) is 5.25 Å². The minimum absolute atomic E-state index is 0.00401. The molecule has 2 heterocycles. The zero-order chi connectivity index (χ0) is 15.5. The van der Waals surface area contributed by atoms with Crippen molar-refractivity contribution in [1.29, 1.82) is 0 Å². The van der Waals surface area contributed by atoms with Gasteiger partial charge in [-0.1, -0.05) is 58.0 Å². The Morgan fingerprint density at radius 3 is 2.86 bits per heavy atom. The van der Waals surface area contributed by atoms with Crippen LogP contribution in [-0.4, -0.2) is 25.3 Å². The van der Waals surface area contributed by atoms with Crippen molar-refractivity contribution in [3.05, 3.63) is 40.5 Å². The fourth-order valence-electron chi connectivity index (χ4n) is 1.86. The number of hydrogen-bond acceptors (Lipinski definition) is 6. The maximum absolute atomic E-state index is 5.24. The summed E-state index contributed by atoms with van der Waals surface area (Å²) in [4.78, 5) is 8.84. The van der Waals surface area contributed by atoms with E-state index < -0.39 is 0 Å². The number of hydrogen-bond donors (Lipinski definition) is 1. The van der Waals surface area contributed by atoms with E-state index in [9.17, 15) is 0 Å². The van der Waals surface area contributed by atoms with E-state index in [1.54, 1.807) is 0 Å². The summed E-state index contributed by atoms with van der Waals surface area (Å²) in [5.74, 6) is 2.03. The van der Waals surface area contributed by atoms with Gasteiger partial charge >= 0.3 is 0 Å². The lowest BCUT2D eigenvalue weighted by Crippen LogP contribution is -1.91. The minimum Gasteiger partial charge on any atom is -0.338 e. The molecule has 2 aromatic heterocycles. The van der Waals surface area contributed by atoms with Crippen molar-refractivity contribution in [2.75, 3.05) is 0 Å². The van der Waals surface area contributed by atoms with Crippen molar-refractivity contribution < 1.29 is 4.52 Å². The first-order valence-corrected chi connectivity index (χ1v) is 8.51. The maximum atomic E-state index is 5.24. The Bertz CT molecular complexity index is 772. The second-order valence-electron chi connectivity index (χ2n) is 4.61. The minimum atomic E-state index is -0.00401. The van der Waals surface area contributed by atoms with Crippen LogP contribution in [0.3, 0.4) is 0 Å². The average molecular weight is 380 g/mol. The third-order valence-corrected chi connectivity index (χ3v) is 4.66. The van der Waals surface area contributed by atoms with E-state index in [1.807, 2.05) is 38.1 Å². The molecule has 0 bridgehead atoms. The fourth-order valence-corrected chi connectivity index (χ4v) is 3.09. The number of nitrogens with zero attached hydrogens (tertiary/aromatic N) is 4. The highest BCUT2D eigenvalue weighted by atomic mass is 79.9. The molecule has 0 aliphatic heterocycles. The highest BCUT2D eigenvalue weighted by Gasteiger charge is 2.18. The molecule has 1 aromatic carbocycles. The molecular formula is C14H14BrN5OS. The van der Waals surface area contributed by atoms with Crippen molar-refractivity contribution in [3.8, 4) is 11.4 Å². The number of halogens is 1. The van der Waals surface area contributed by atoms with Gasteiger partial charge < -0.3 is 4.52 Å². The SMILES string of the molecule is CCc1noc([C@@H](C)Sc2n[nH]c(-c3ccccc3Br)n2)n1. The van der Waals surface area contributed by atoms with Gasteiger partial charge in [-0.25, -0.2) is 4.98 Å². The number of aromatic nitrogens is 5. The maximum Gasteiger partial charge on any atom is 0.239 e. The van der Waals surface area contributed by atoms with Gasteiger partial charge in [0.25, 0.3) is 0 Å². The molecule has 0 aliphatic carbocycles. The molecule has 22 heavy (non-hydrogen) atoms. The molecule has 0 amide bonds.